The molecular weight excluding hydrogens is 424 g/mol. The molecule has 1 aliphatic heterocycles. The standard InChI is InChI=1S/C23H42N6O4/c1-15(2)10-27-7-8-33-18(13-27)9-25-19(30)14-28(11-16(3)4)20-21(24)29(12-17(5)6)23(32)26-22(20)31/h15-18H,7-14,24H2,1-6H3,(H,25,30)(H,26,31,32). The summed E-state index contributed by atoms with van der Waals surface area (Å²) in [7, 11) is 0. The summed E-state index contributed by atoms with van der Waals surface area (Å²) in [5, 5.41) is 2.94. The molecule has 2 rings (SSSR count). The fourth-order valence-corrected chi connectivity index (χ4v) is 4.15. The van der Waals surface area contributed by atoms with Gasteiger partial charge in [-0.05, 0) is 17.8 Å². The Hall–Kier alpha value is -2.33. The number of hydrogen-bond acceptors (Lipinski definition) is 7. The number of carbonyl (C=O) groups is 1. The lowest BCUT2D eigenvalue weighted by atomic mass is 10.1. The number of amides is 1. The molecule has 2 heterocycles. The Kier molecular flexibility index (Phi) is 9.97. The van der Waals surface area contributed by atoms with Crippen LogP contribution in [0, 0.1) is 17.8 Å². The third-order valence-corrected chi connectivity index (χ3v) is 5.37. The molecule has 10 nitrogen and oxygen atoms in total. The third-order valence-electron chi connectivity index (χ3n) is 5.37. The maximum absolute atomic E-state index is 12.8. The summed E-state index contributed by atoms with van der Waals surface area (Å²) < 4.78 is 7.18. The Bertz CT molecular complexity index is 892. The number of nitrogens with zero attached hydrogens (tertiary/aromatic N) is 3. The molecule has 0 aliphatic carbocycles. The van der Waals surface area contributed by atoms with Gasteiger partial charge in [-0.1, -0.05) is 41.5 Å². The van der Waals surface area contributed by atoms with Gasteiger partial charge >= 0.3 is 5.69 Å². The molecule has 1 aliphatic rings. The minimum absolute atomic E-state index is 0.0340. The zero-order valence-corrected chi connectivity index (χ0v) is 21.0. The minimum atomic E-state index is -0.578. The predicted octanol–water partition coefficient (Wildman–Crippen LogP) is 0.710. The zero-order valence-electron chi connectivity index (χ0n) is 21.0. The fourth-order valence-electron chi connectivity index (χ4n) is 4.15. The summed E-state index contributed by atoms with van der Waals surface area (Å²) in [4.78, 5) is 44.2. The Morgan fingerprint density at radius 3 is 2.42 bits per heavy atom. The number of aromatic nitrogens is 2. The van der Waals surface area contributed by atoms with Crippen LogP contribution in [0.2, 0.25) is 0 Å². The number of carbonyl (C=O) groups excluding carboxylic acids is 1. The molecule has 1 saturated heterocycles. The van der Waals surface area contributed by atoms with E-state index in [0.29, 0.717) is 32.2 Å². The maximum atomic E-state index is 12.8. The lowest BCUT2D eigenvalue weighted by Gasteiger charge is -2.34. The van der Waals surface area contributed by atoms with E-state index in [4.69, 9.17) is 10.5 Å². The van der Waals surface area contributed by atoms with Crippen LogP contribution in [0.3, 0.4) is 0 Å². The predicted molar refractivity (Wildman–Crippen MR) is 132 cm³/mol. The average molecular weight is 467 g/mol. The lowest BCUT2D eigenvalue weighted by molar-refractivity contribution is -0.121. The zero-order chi connectivity index (χ0) is 24.7. The van der Waals surface area contributed by atoms with Crippen LogP contribution < -0.4 is 27.2 Å². The second kappa shape index (κ2) is 12.2. The number of H-pyrrole nitrogens is 1. The molecular formula is C23H42N6O4. The number of morpholine rings is 1. The number of nitrogens with two attached hydrogens (primary N) is 1. The van der Waals surface area contributed by atoms with Gasteiger partial charge < -0.3 is 20.7 Å². The number of nitrogen functional groups attached to an aromatic ring is 1. The van der Waals surface area contributed by atoms with E-state index in [2.05, 4.69) is 29.0 Å². The first-order valence-electron chi connectivity index (χ1n) is 12.0. The molecule has 0 spiro atoms. The highest BCUT2D eigenvalue weighted by Crippen LogP contribution is 2.19. The summed E-state index contributed by atoms with van der Waals surface area (Å²) in [5.41, 5.74) is 5.32. The Morgan fingerprint density at radius 2 is 1.82 bits per heavy atom. The Balaban J connectivity index is 2.12. The van der Waals surface area contributed by atoms with Crippen LogP contribution in [0.4, 0.5) is 11.5 Å². The largest absolute Gasteiger partial charge is 0.383 e. The van der Waals surface area contributed by atoms with Gasteiger partial charge in [0.2, 0.25) is 5.91 Å². The molecule has 33 heavy (non-hydrogen) atoms. The summed E-state index contributed by atoms with van der Waals surface area (Å²) >= 11 is 0. The number of ether oxygens (including phenoxy) is 1. The molecule has 188 valence electrons. The van der Waals surface area contributed by atoms with Crippen molar-refractivity contribution in [3.63, 3.8) is 0 Å². The molecule has 10 heteroatoms. The topological polar surface area (TPSA) is 126 Å². The molecule has 0 saturated carbocycles. The van der Waals surface area contributed by atoms with E-state index < -0.39 is 11.2 Å². The molecule has 1 unspecified atom stereocenters. The van der Waals surface area contributed by atoms with E-state index in [9.17, 15) is 14.4 Å². The van der Waals surface area contributed by atoms with Gasteiger partial charge in [0.15, 0.2) is 0 Å². The van der Waals surface area contributed by atoms with Gasteiger partial charge in [-0.3, -0.25) is 24.0 Å². The van der Waals surface area contributed by atoms with Gasteiger partial charge in [-0.2, -0.15) is 0 Å². The van der Waals surface area contributed by atoms with Crippen molar-refractivity contribution in [3.05, 3.63) is 20.8 Å². The van der Waals surface area contributed by atoms with E-state index in [1.807, 2.05) is 27.7 Å². The quantitative estimate of drug-likeness (QED) is 0.438. The minimum Gasteiger partial charge on any atom is -0.383 e. The van der Waals surface area contributed by atoms with Crippen molar-refractivity contribution in [2.45, 2.75) is 54.2 Å². The fraction of sp³-hybridized carbons (Fsp3) is 0.783. The van der Waals surface area contributed by atoms with Crippen LogP contribution in [-0.4, -0.2) is 72.3 Å². The highest BCUT2D eigenvalue weighted by Gasteiger charge is 2.24. The normalized spacial score (nSPS) is 17.2. The molecule has 1 aromatic rings. The van der Waals surface area contributed by atoms with Crippen LogP contribution in [0.25, 0.3) is 0 Å². The van der Waals surface area contributed by atoms with Crippen LogP contribution >= 0.6 is 0 Å². The van der Waals surface area contributed by atoms with E-state index in [1.165, 1.54) is 4.57 Å². The molecule has 1 amide bonds. The molecule has 1 fully saturated rings. The summed E-state index contributed by atoms with van der Waals surface area (Å²) in [6, 6.07) is 0. The molecule has 4 N–H and O–H groups in total. The first-order valence-corrected chi connectivity index (χ1v) is 12.0. The average Bonchev–Trinajstić information content (AvgIpc) is 2.68. The van der Waals surface area contributed by atoms with Gasteiger partial charge in [0, 0.05) is 39.3 Å². The molecule has 1 atom stereocenters. The number of aromatic amines is 1. The SMILES string of the molecule is CC(C)CN1CCOC(CNC(=O)CN(CC(C)C)c2c(N)n(CC(C)C)c(=O)[nH]c2=O)C1. The van der Waals surface area contributed by atoms with Crippen molar-refractivity contribution in [2.75, 3.05) is 56.5 Å². The monoisotopic (exact) mass is 466 g/mol. The van der Waals surface area contributed by atoms with E-state index in [-0.39, 0.29) is 41.9 Å². The van der Waals surface area contributed by atoms with Gasteiger partial charge in [0.25, 0.3) is 5.56 Å². The van der Waals surface area contributed by atoms with Gasteiger partial charge in [-0.15, -0.1) is 0 Å². The molecule has 0 radical (unpaired) electrons. The maximum Gasteiger partial charge on any atom is 0.330 e. The van der Waals surface area contributed by atoms with Crippen molar-refractivity contribution in [1.82, 2.24) is 19.8 Å². The van der Waals surface area contributed by atoms with Gasteiger partial charge in [0.05, 0.1) is 19.3 Å². The van der Waals surface area contributed by atoms with Gasteiger partial charge in [0.1, 0.15) is 11.5 Å². The first-order chi connectivity index (χ1) is 15.5. The Morgan fingerprint density at radius 1 is 1.15 bits per heavy atom. The lowest BCUT2D eigenvalue weighted by Crippen LogP contribution is -2.50. The Labute approximate surface area is 196 Å². The van der Waals surface area contributed by atoms with Crippen LogP contribution in [-0.2, 0) is 16.1 Å². The number of hydrogen-bond donors (Lipinski definition) is 3. The van der Waals surface area contributed by atoms with Crippen molar-refractivity contribution in [1.29, 1.82) is 0 Å². The van der Waals surface area contributed by atoms with Crippen LogP contribution in [0.15, 0.2) is 9.59 Å². The smallest absolute Gasteiger partial charge is 0.330 e. The van der Waals surface area contributed by atoms with Crippen molar-refractivity contribution >= 4 is 17.4 Å². The highest BCUT2D eigenvalue weighted by molar-refractivity contribution is 5.82. The third kappa shape index (κ3) is 8.19. The first kappa shape index (κ1) is 26.9. The van der Waals surface area contributed by atoms with E-state index in [0.717, 1.165) is 19.6 Å². The van der Waals surface area contributed by atoms with Crippen molar-refractivity contribution in [2.24, 2.45) is 17.8 Å². The molecule has 0 aromatic carbocycles. The van der Waals surface area contributed by atoms with Crippen LogP contribution in [0.1, 0.15) is 41.5 Å². The van der Waals surface area contributed by atoms with Gasteiger partial charge in [-0.25, -0.2) is 4.79 Å². The second-order valence-electron chi connectivity index (χ2n) is 10.2. The summed E-state index contributed by atoms with van der Waals surface area (Å²) in [6.45, 7) is 16.8. The number of anilines is 2. The second-order valence-corrected chi connectivity index (χ2v) is 10.2. The van der Waals surface area contributed by atoms with Crippen molar-refractivity contribution in [3.8, 4) is 0 Å². The number of rotatable bonds is 11. The summed E-state index contributed by atoms with van der Waals surface area (Å²) in [5.74, 6) is 0.779. The highest BCUT2D eigenvalue weighted by atomic mass is 16.5. The van der Waals surface area contributed by atoms with Crippen molar-refractivity contribution < 1.29 is 9.53 Å². The number of nitrogens with one attached hydrogen (secondary N) is 2. The van der Waals surface area contributed by atoms with E-state index >= 15 is 0 Å². The summed E-state index contributed by atoms with van der Waals surface area (Å²) in [6.07, 6.45) is -0.0681. The van der Waals surface area contributed by atoms with E-state index in [1.54, 1.807) is 4.90 Å². The molecule has 0 bridgehead atoms. The van der Waals surface area contributed by atoms with Crippen LogP contribution in [0.5, 0.6) is 0 Å². The molecule has 1 aromatic heterocycles.